The third-order valence-corrected chi connectivity index (χ3v) is 3.31. The van der Waals surface area contributed by atoms with Gasteiger partial charge in [0.25, 0.3) is 5.91 Å². The number of ether oxygens (including phenoxy) is 1. The van der Waals surface area contributed by atoms with Gasteiger partial charge in [-0.15, -0.1) is 0 Å². The number of rotatable bonds is 8. The molecule has 1 aromatic carbocycles. The predicted molar refractivity (Wildman–Crippen MR) is 84.1 cm³/mol. The summed E-state index contributed by atoms with van der Waals surface area (Å²) in [5.74, 6) is -2.77. The third kappa shape index (κ3) is 5.86. The largest absolute Gasteiger partial charge is 0.481 e. The Morgan fingerprint density at radius 2 is 2.04 bits per heavy atom. The van der Waals surface area contributed by atoms with Gasteiger partial charge in [-0.05, 0) is 31.5 Å². The van der Waals surface area contributed by atoms with E-state index in [1.165, 1.54) is 26.0 Å². The Bertz CT molecular complexity index is 620. The van der Waals surface area contributed by atoms with Gasteiger partial charge in [-0.1, -0.05) is 6.07 Å². The highest BCUT2D eigenvalue weighted by atomic mass is 19.1. The van der Waals surface area contributed by atoms with Crippen LogP contribution in [0.4, 0.5) is 4.39 Å². The van der Waals surface area contributed by atoms with E-state index in [0.717, 1.165) is 10.5 Å². The molecule has 0 spiro atoms. The fourth-order valence-corrected chi connectivity index (χ4v) is 1.96. The topological polar surface area (TPSA) is 95.9 Å². The maximum absolute atomic E-state index is 13.6. The molecule has 1 rings (SSSR count). The first-order valence-corrected chi connectivity index (χ1v) is 7.38. The summed E-state index contributed by atoms with van der Waals surface area (Å²) in [7, 11) is 0. The number of carbonyl (C=O) groups excluding carboxylic acids is 2. The van der Waals surface area contributed by atoms with Crippen molar-refractivity contribution >= 4 is 17.8 Å². The van der Waals surface area contributed by atoms with Crippen LogP contribution in [0.3, 0.4) is 0 Å². The number of amides is 2. The fraction of sp³-hybridized carbons (Fsp3) is 0.438. The quantitative estimate of drug-likeness (QED) is 0.735. The first-order chi connectivity index (χ1) is 11.2. The second-order valence-corrected chi connectivity index (χ2v) is 5.31. The number of nitrogens with one attached hydrogen (secondary N) is 1. The number of hydrogen-bond donors (Lipinski definition) is 2. The second kappa shape index (κ2) is 8.85. The second-order valence-electron chi connectivity index (χ2n) is 5.31. The summed E-state index contributed by atoms with van der Waals surface area (Å²) in [6.07, 6.45) is 0. The SMILES string of the molecule is CC(=O)NCCN(C(=O)COc1cc(C)ccc1F)C(C)C(=O)O. The number of carbonyl (C=O) groups is 3. The number of carboxylic acid groups (broad SMARTS) is 1. The molecule has 8 heteroatoms. The molecular formula is C16H21FN2O5. The van der Waals surface area contributed by atoms with Crippen molar-refractivity contribution in [3.05, 3.63) is 29.6 Å². The van der Waals surface area contributed by atoms with Crippen molar-refractivity contribution in [2.75, 3.05) is 19.7 Å². The number of aliphatic carboxylic acids is 1. The molecule has 24 heavy (non-hydrogen) atoms. The maximum atomic E-state index is 13.6. The smallest absolute Gasteiger partial charge is 0.326 e. The lowest BCUT2D eigenvalue weighted by Crippen LogP contribution is -2.48. The zero-order valence-electron chi connectivity index (χ0n) is 13.8. The molecule has 0 aliphatic carbocycles. The van der Waals surface area contributed by atoms with E-state index >= 15 is 0 Å². The van der Waals surface area contributed by atoms with E-state index in [1.807, 2.05) is 0 Å². The van der Waals surface area contributed by atoms with Crippen molar-refractivity contribution < 1.29 is 28.6 Å². The summed E-state index contributed by atoms with van der Waals surface area (Å²) >= 11 is 0. The molecular weight excluding hydrogens is 319 g/mol. The molecule has 1 atom stereocenters. The summed E-state index contributed by atoms with van der Waals surface area (Å²) in [6, 6.07) is 3.14. The zero-order valence-corrected chi connectivity index (χ0v) is 13.8. The Labute approximate surface area is 139 Å². The van der Waals surface area contributed by atoms with Gasteiger partial charge in [0, 0.05) is 20.0 Å². The van der Waals surface area contributed by atoms with Gasteiger partial charge in [-0.2, -0.15) is 0 Å². The van der Waals surface area contributed by atoms with Crippen LogP contribution in [0.2, 0.25) is 0 Å². The highest BCUT2D eigenvalue weighted by Gasteiger charge is 2.25. The molecule has 2 amide bonds. The number of carboxylic acids is 1. The van der Waals surface area contributed by atoms with Crippen LogP contribution in [-0.4, -0.2) is 53.5 Å². The fourth-order valence-electron chi connectivity index (χ4n) is 1.96. The molecule has 1 aromatic rings. The molecule has 7 nitrogen and oxygen atoms in total. The van der Waals surface area contributed by atoms with Crippen LogP contribution in [-0.2, 0) is 14.4 Å². The van der Waals surface area contributed by atoms with E-state index in [9.17, 15) is 18.8 Å². The van der Waals surface area contributed by atoms with Gasteiger partial charge in [0.05, 0.1) is 0 Å². The minimum Gasteiger partial charge on any atom is -0.481 e. The summed E-state index contributed by atoms with van der Waals surface area (Å²) in [5.41, 5.74) is 0.764. The molecule has 0 aliphatic heterocycles. The van der Waals surface area contributed by atoms with E-state index in [-0.39, 0.29) is 24.7 Å². The van der Waals surface area contributed by atoms with Gasteiger partial charge in [-0.25, -0.2) is 9.18 Å². The molecule has 2 N–H and O–H groups in total. The van der Waals surface area contributed by atoms with E-state index in [1.54, 1.807) is 13.0 Å². The highest BCUT2D eigenvalue weighted by Crippen LogP contribution is 2.18. The van der Waals surface area contributed by atoms with Gasteiger partial charge in [0.2, 0.25) is 5.91 Å². The molecule has 132 valence electrons. The van der Waals surface area contributed by atoms with Gasteiger partial charge < -0.3 is 20.1 Å². The van der Waals surface area contributed by atoms with Crippen molar-refractivity contribution in [2.45, 2.75) is 26.8 Å². The molecule has 0 bridgehead atoms. The Kier molecular flexibility index (Phi) is 7.16. The minimum absolute atomic E-state index is 0.00550. The molecule has 0 saturated carbocycles. The lowest BCUT2D eigenvalue weighted by Gasteiger charge is -2.26. The Morgan fingerprint density at radius 3 is 2.62 bits per heavy atom. The van der Waals surface area contributed by atoms with Crippen LogP contribution >= 0.6 is 0 Å². The summed E-state index contributed by atoms with van der Waals surface area (Å²) < 4.78 is 18.8. The van der Waals surface area contributed by atoms with Crippen molar-refractivity contribution in [1.29, 1.82) is 0 Å². The Hall–Kier alpha value is -2.64. The van der Waals surface area contributed by atoms with Crippen molar-refractivity contribution in [2.24, 2.45) is 0 Å². The zero-order chi connectivity index (χ0) is 18.3. The summed E-state index contributed by atoms with van der Waals surface area (Å²) in [6.45, 7) is 4.03. The molecule has 1 unspecified atom stereocenters. The van der Waals surface area contributed by atoms with Crippen molar-refractivity contribution in [1.82, 2.24) is 10.2 Å². The van der Waals surface area contributed by atoms with Crippen LogP contribution in [0.1, 0.15) is 19.4 Å². The molecule has 0 aliphatic rings. The number of halogens is 1. The van der Waals surface area contributed by atoms with Gasteiger partial charge in [-0.3, -0.25) is 9.59 Å². The highest BCUT2D eigenvalue weighted by molar-refractivity contribution is 5.84. The van der Waals surface area contributed by atoms with E-state index in [2.05, 4.69) is 5.32 Å². The van der Waals surface area contributed by atoms with Crippen molar-refractivity contribution in [3.63, 3.8) is 0 Å². The van der Waals surface area contributed by atoms with Crippen LogP contribution in [0.5, 0.6) is 5.75 Å². The molecule has 0 saturated heterocycles. The number of hydrogen-bond acceptors (Lipinski definition) is 4. The van der Waals surface area contributed by atoms with E-state index < -0.39 is 30.3 Å². The van der Waals surface area contributed by atoms with E-state index in [0.29, 0.717) is 0 Å². The van der Waals surface area contributed by atoms with Crippen LogP contribution in [0.15, 0.2) is 18.2 Å². The normalized spacial score (nSPS) is 11.5. The predicted octanol–water partition coefficient (Wildman–Crippen LogP) is 0.951. The first kappa shape index (κ1) is 19.4. The average Bonchev–Trinajstić information content (AvgIpc) is 2.51. The lowest BCUT2D eigenvalue weighted by atomic mass is 10.2. The Balaban J connectivity index is 2.74. The molecule has 0 heterocycles. The van der Waals surface area contributed by atoms with Gasteiger partial charge >= 0.3 is 5.97 Å². The molecule has 0 radical (unpaired) electrons. The number of aryl methyl sites for hydroxylation is 1. The molecule has 0 fully saturated rings. The van der Waals surface area contributed by atoms with Crippen molar-refractivity contribution in [3.8, 4) is 5.75 Å². The van der Waals surface area contributed by atoms with Crippen LogP contribution < -0.4 is 10.1 Å². The average molecular weight is 340 g/mol. The van der Waals surface area contributed by atoms with E-state index in [4.69, 9.17) is 9.84 Å². The maximum Gasteiger partial charge on any atom is 0.326 e. The van der Waals surface area contributed by atoms with Gasteiger partial charge in [0.15, 0.2) is 18.2 Å². The minimum atomic E-state index is -1.19. The lowest BCUT2D eigenvalue weighted by molar-refractivity contribution is -0.150. The van der Waals surface area contributed by atoms with Gasteiger partial charge in [0.1, 0.15) is 6.04 Å². The molecule has 0 aromatic heterocycles. The monoisotopic (exact) mass is 340 g/mol. The number of benzene rings is 1. The summed E-state index contributed by atoms with van der Waals surface area (Å²) in [5, 5.41) is 11.6. The third-order valence-electron chi connectivity index (χ3n) is 3.31. The Morgan fingerprint density at radius 1 is 1.38 bits per heavy atom. The number of nitrogens with zero attached hydrogens (tertiary/aromatic N) is 1. The first-order valence-electron chi connectivity index (χ1n) is 7.38. The van der Waals surface area contributed by atoms with Crippen LogP contribution in [0.25, 0.3) is 0 Å². The van der Waals surface area contributed by atoms with Crippen LogP contribution in [0, 0.1) is 12.7 Å². The summed E-state index contributed by atoms with van der Waals surface area (Å²) in [4.78, 5) is 35.3. The standard InChI is InChI=1S/C16H21FN2O5/c1-10-4-5-13(17)14(8-10)24-9-15(21)19(11(2)16(22)23)7-6-18-12(3)20/h4-5,8,11H,6-7,9H2,1-3H3,(H,18,20)(H,22,23).